The third kappa shape index (κ3) is 2.07. The highest BCUT2D eigenvalue weighted by Gasteiger charge is 2.43. The van der Waals surface area contributed by atoms with Crippen LogP contribution in [-0.4, -0.2) is 24.4 Å². The van der Waals surface area contributed by atoms with E-state index >= 15 is 0 Å². The van der Waals surface area contributed by atoms with Crippen molar-refractivity contribution in [3.8, 4) is 0 Å². The van der Waals surface area contributed by atoms with Gasteiger partial charge in [0.25, 0.3) is 0 Å². The number of nitrogens with one attached hydrogen (secondary N) is 1. The number of carbonyl (C=O) groups is 2. The zero-order valence-electron chi connectivity index (χ0n) is 10.0. The number of piperazine rings is 1. The lowest BCUT2D eigenvalue weighted by Gasteiger charge is -2.32. The van der Waals surface area contributed by atoms with E-state index < -0.39 is 17.7 Å². The van der Waals surface area contributed by atoms with E-state index in [9.17, 15) is 18.4 Å². The molecule has 100 valence electrons. The highest BCUT2D eigenvalue weighted by Crippen LogP contribution is 2.35. The molecular formula is C13H12F2N2O2. The van der Waals surface area contributed by atoms with Gasteiger partial charge in [0.1, 0.15) is 12.6 Å². The molecule has 1 saturated heterocycles. The van der Waals surface area contributed by atoms with E-state index in [1.165, 1.54) is 12.1 Å². The summed E-state index contributed by atoms with van der Waals surface area (Å²) in [4.78, 5) is 24.9. The van der Waals surface area contributed by atoms with Crippen molar-refractivity contribution in [2.24, 2.45) is 5.92 Å². The standard InChI is InChI=1S/C13H12F2N2O2/c14-8-2-1-3-9(11(8)15)17-6-10(18)16-12(13(17)19)7-4-5-7/h1-3,7,12H,4-6H2,(H,16,18). The normalized spacial score (nSPS) is 23.5. The number of hydrogen-bond donors (Lipinski definition) is 1. The summed E-state index contributed by atoms with van der Waals surface area (Å²) in [6.45, 7) is -0.275. The van der Waals surface area contributed by atoms with Crippen molar-refractivity contribution in [3.05, 3.63) is 29.8 Å². The lowest BCUT2D eigenvalue weighted by molar-refractivity contribution is -0.131. The molecule has 1 aromatic carbocycles. The molecule has 0 bridgehead atoms. The first-order valence-corrected chi connectivity index (χ1v) is 6.12. The monoisotopic (exact) mass is 266 g/mol. The van der Waals surface area contributed by atoms with Gasteiger partial charge in [-0.25, -0.2) is 8.78 Å². The van der Waals surface area contributed by atoms with Crippen LogP contribution in [0.25, 0.3) is 0 Å². The van der Waals surface area contributed by atoms with Gasteiger partial charge >= 0.3 is 0 Å². The second-order valence-electron chi connectivity index (χ2n) is 4.88. The fourth-order valence-corrected chi connectivity index (χ4v) is 2.32. The molecule has 2 fully saturated rings. The summed E-state index contributed by atoms with van der Waals surface area (Å²) in [5.41, 5.74) is -0.175. The Balaban J connectivity index is 1.96. The molecule has 1 aromatic rings. The number of rotatable bonds is 2. The second-order valence-corrected chi connectivity index (χ2v) is 4.88. The molecule has 2 amide bonds. The molecule has 4 nitrogen and oxygen atoms in total. The number of halogens is 2. The van der Waals surface area contributed by atoms with Crippen LogP contribution < -0.4 is 10.2 Å². The summed E-state index contributed by atoms with van der Waals surface area (Å²) >= 11 is 0. The van der Waals surface area contributed by atoms with Gasteiger partial charge < -0.3 is 5.32 Å². The number of carbonyl (C=O) groups excluding carboxylic acids is 2. The molecule has 1 heterocycles. The van der Waals surface area contributed by atoms with E-state index in [2.05, 4.69) is 5.32 Å². The highest BCUT2D eigenvalue weighted by molar-refractivity contribution is 6.06. The van der Waals surface area contributed by atoms with Crippen LogP contribution in [0.15, 0.2) is 18.2 Å². The first-order valence-electron chi connectivity index (χ1n) is 6.12. The fourth-order valence-electron chi connectivity index (χ4n) is 2.32. The van der Waals surface area contributed by atoms with Crippen LogP contribution in [0.1, 0.15) is 12.8 Å². The van der Waals surface area contributed by atoms with Crippen molar-refractivity contribution in [2.75, 3.05) is 11.4 Å². The Bertz CT molecular complexity index is 558. The Morgan fingerprint density at radius 2 is 1.95 bits per heavy atom. The molecule has 1 atom stereocenters. The third-order valence-electron chi connectivity index (χ3n) is 3.47. The van der Waals surface area contributed by atoms with Crippen LogP contribution >= 0.6 is 0 Å². The van der Waals surface area contributed by atoms with Crippen molar-refractivity contribution in [2.45, 2.75) is 18.9 Å². The van der Waals surface area contributed by atoms with E-state index in [0.717, 1.165) is 23.8 Å². The topological polar surface area (TPSA) is 49.4 Å². The molecular weight excluding hydrogens is 254 g/mol. The minimum atomic E-state index is -1.10. The van der Waals surface area contributed by atoms with E-state index in [0.29, 0.717) is 0 Å². The van der Waals surface area contributed by atoms with Gasteiger partial charge in [-0.2, -0.15) is 0 Å². The maximum Gasteiger partial charge on any atom is 0.250 e. The summed E-state index contributed by atoms with van der Waals surface area (Å²) in [7, 11) is 0. The largest absolute Gasteiger partial charge is 0.342 e. The predicted molar refractivity (Wildman–Crippen MR) is 63.4 cm³/mol. The molecule has 1 aliphatic carbocycles. The Kier molecular flexibility index (Phi) is 2.73. The molecule has 1 saturated carbocycles. The number of benzene rings is 1. The molecule has 1 aliphatic heterocycles. The first kappa shape index (κ1) is 12.1. The molecule has 3 rings (SSSR count). The Hall–Kier alpha value is -1.98. The van der Waals surface area contributed by atoms with Crippen molar-refractivity contribution >= 4 is 17.5 Å². The van der Waals surface area contributed by atoms with Crippen LogP contribution in [0, 0.1) is 17.6 Å². The van der Waals surface area contributed by atoms with Gasteiger partial charge in [0, 0.05) is 0 Å². The zero-order chi connectivity index (χ0) is 13.6. The zero-order valence-corrected chi connectivity index (χ0v) is 10.0. The van der Waals surface area contributed by atoms with Gasteiger partial charge in [-0.1, -0.05) is 6.07 Å². The van der Waals surface area contributed by atoms with Gasteiger partial charge in [-0.15, -0.1) is 0 Å². The summed E-state index contributed by atoms with van der Waals surface area (Å²) in [5.74, 6) is -2.72. The van der Waals surface area contributed by atoms with Gasteiger partial charge in [-0.3, -0.25) is 14.5 Å². The number of nitrogens with zero attached hydrogens (tertiary/aromatic N) is 1. The van der Waals surface area contributed by atoms with Crippen molar-refractivity contribution in [1.82, 2.24) is 5.32 Å². The Morgan fingerprint density at radius 3 is 2.63 bits per heavy atom. The minimum absolute atomic E-state index is 0.121. The molecule has 1 N–H and O–H groups in total. The summed E-state index contributed by atoms with van der Waals surface area (Å²) in [6, 6.07) is 2.99. The molecule has 19 heavy (non-hydrogen) atoms. The van der Waals surface area contributed by atoms with Gasteiger partial charge in [0.15, 0.2) is 11.6 Å². The van der Waals surface area contributed by atoms with Crippen LogP contribution in [0.5, 0.6) is 0 Å². The minimum Gasteiger partial charge on any atom is -0.342 e. The van der Waals surface area contributed by atoms with Crippen LogP contribution in [0.4, 0.5) is 14.5 Å². The number of anilines is 1. The predicted octanol–water partition coefficient (Wildman–Crippen LogP) is 1.21. The maximum atomic E-state index is 13.7. The van der Waals surface area contributed by atoms with Gasteiger partial charge in [-0.05, 0) is 30.9 Å². The fraction of sp³-hybridized carbons (Fsp3) is 0.385. The van der Waals surface area contributed by atoms with E-state index in [-0.39, 0.29) is 30.0 Å². The van der Waals surface area contributed by atoms with Crippen LogP contribution in [0.3, 0.4) is 0 Å². The summed E-state index contributed by atoms with van der Waals surface area (Å²) < 4.78 is 26.9. The highest BCUT2D eigenvalue weighted by atomic mass is 19.2. The first-order chi connectivity index (χ1) is 9.08. The molecule has 0 spiro atoms. The summed E-state index contributed by atoms with van der Waals surface area (Å²) in [5, 5.41) is 2.62. The maximum absolute atomic E-state index is 13.7. The summed E-state index contributed by atoms with van der Waals surface area (Å²) in [6.07, 6.45) is 1.74. The molecule has 0 radical (unpaired) electrons. The number of hydrogen-bond acceptors (Lipinski definition) is 2. The van der Waals surface area contributed by atoms with E-state index in [1.807, 2.05) is 0 Å². The SMILES string of the molecule is O=C1CN(c2cccc(F)c2F)C(=O)C(C2CC2)N1. The van der Waals surface area contributed by atoms with Crippen LogP contribution in [0.2, 0.25) is 0 Å². The molecule has 1 unspecified atom stereocenters. The van der Waals surface area contributed by atoms with Crippen LogP contribution in [-0.2, 0) is 9.59 Å². The lowest BCUT2D eigenvalue weighted by atomic mass is 10.1. The third-order valence-corrected chi connectivity index (χ3v) is 3.47. The number of amides is 2. The average Bonchev–Trinajstić information content (AvgIpc) is 3.20. The van der Waals surface area contributed by atoms with Crippen molar-refractivity contribution in [1.29, 1.82) is 0 Å². The van der Waals surface area contributed by atoms with Crippen molar-refractivity contribution < 1.29 is 18.4 Å². The van der Waals surface area contributed by atoms with Crippen molar-refractivity contribution in [3.63, 3.8) is 0 Å². The lowest BCUT2D eigenvalue weighted by Crippen LogP contribution is -2.59. The molecule has 0 aromatic heterocycles. The molecule has 2 aliphatic rings. The second kappa shape index (κ2) is 4.29. The van der Waals surface area contributed by atoms with Gasteiger partial charge in [0.05, 0.1) is 5.69 Å². The smallest absolute Gasteiger partial charge is 0.250 e. The molecule has 6 heteroatoms. The Labute approximate surface area is 108 Å². The Morgan fingerprint density at radius 1 is 1.21 bits per heavy atom. The van der Waals surface area contributed by atoms with E-state index in [1.54, 1.807) is 0 Å². The van der Waals surface area contributed by atoms with Gasteiger partial charge in [0.2, 0.25) is 11.8 Å². The quantitative estimate of drug-likeness (QED) is 0.874. The van der Waals surface area contributed by atoms with E-state index in [4.69, 9.17) is 0 Å². The average molecular weight is 266 g/mol.